The molecule has 0 radical (unpaired) electrons. The molecule has 6 N–H and O–H groups in total. The Morgan fingerprint density at radius 2 is 1.40 bits per heavy atom. The van der Waals surface area contributed by atoms with Gasteiger partial charge in [0, 0.05) is 21.9 Å². The minimum absolute atomic E-state index is 0.00164. The molecule has 2 atom stereocenters. The van der Waals surface area contributed by atoms with Crippen LogP contribution in [0.5, 0.6) is 0 Å². The van der Waals surface area contributed by atoms with E-state index in [0.29, 0.717) is 55.6 Å². The summed E-state index contributed by atoms with van der Waals surface area (Å²) in [5.74, 6) is 10.5. The fourth-order valence-corrected chi connectivity index (χ4v) is 6.53. The van der Waals surface area contributed by atoms with Crippen molar-refractivity contribution in [2.75, 3.05) is 0 Å². The lowest BCUT2D eigenvalue weighted by Gasteiger charge is -2.12. The number of oxazole rings is 1. The number of benzene rings is 4. The van der Waals surface area contributed by atoms with Crippen LogP contribution in [-0.4, -0.2) is 56.7 Å². The smallest absolute Gasteiger partial charge is 0.269 e. The number of carbonyl (C=O) groups excluding carboxylic acids is 2. The van der Waals surface area contributed by atoms with Gasteiger partial charge in [-0.3, -0.25) is 9.59 Å². The van der Waals surface area contributed by atoms with E-state index in [4.69, 9.17) is 20.4 Å². The topological polar surface area (TPSA) is 227 Å². The van der Waals surface area contributed by atoms with Gasteiger partial charge in [-0.05, 0) is 79.1 Å². The summed E-state index contributed by atoms with van der Waals surface area (Å²) in [4.78, 5) is 33.4. The van der Waals surface area contributed by atoms with E-state index < -0.39 is 23.0 Å². The van der Waals surface area contributed by atoms with Crippen molar-refractivity contribution >= 4 is 33.6 Å². The van der Waals surface area contributed by atoms with E-state index >= 15 is 0 Å². The number of rotatable bonds is 10. The van der Waals surface area contributed by atoms with Gasteiger partial charge in [-0.25, -0.2) is 14.3 Å². The van der Waals surface area contributed by atoms with Crippen molar-refractivity contribution in [2.24, 2.45) is 11.5 Å². The third-order valence-electron chi connectivity index (χ3n) is 9.51. The van der Waals surface area contributed by atoms with Gasteiger partial charge in [0.1, 0.15) is 5.76 Å². The molecule has 15 heteroatoms. The summed E-state index contributed by atoms with van der Waals surface area (Å²) in [6.45, 7) is 9.15. The minimum Gasteiger partial charge on any atom is -0.442 e. The Morgan fingerprint density at radius 3 is 2.03 bits per heavy atom. The number of hydrogen-bond donors (Lipinski definition) is 4. The molecule has 15 nitrogen and oxygen atoms in total. The largest absolute Gasteiger partial charge is 0.442 e. The number of hydrogen-bond acceptors (Lipinski definition) is 11. The molecule has 2 amide bonds. The number of nitrogens with zero attached hydrogens (tertiary/aromatic N) is 7. The molecule has 8 aromatic rings. The minimum atomic E-state index is -2.02. The molecule has 0 aliphatic rings. The second kappa shape index (κ2) is 15.2. The van der Waals surface area contributed by atoms with Crippen molar-refractivity contribution in [1.82, 2.24) is 34.7 Å². The fraction of sp³-hybridized carbons (Fsp3) is 0.0889. The van der Waals surface area contributed by atoms with E-state index in [9.17, 15) is 19.8 Å². The standard InChI is InChI=1S/C45H33N9O6/c1-4-44(57,21-19-28-11-8-14-31(23-28)53-34-17-7-6-16-33(34)38(50-53)40(46)55)42-49-36(60-52-42)25-30-13-10-18-35-37(30)39(41(47)56)51-54(35)32-15-9-12-29(24-32)20-22-45(58,5-2)43-48-26-27(3)59-43/h4-18,23-24,26,57-58H,1-2,25H2,3H3,(H2,46,55)(H2,47,56)/t44-,45-/m1/s1. The molecular formula is C45H33N9O6. The van der Waals surface area contributed by atoms with Crippen molar-refractivity contribution < 1.29 is 28.7 Å². The number of fused-ring (bicyclic) bond motifs is 2. The van der Waals surface area contributed by atoms with E-state index in [0.717, 1.165) is 0 Å². The van der Waals surface area contributed by atoms with Gasteiger partial charge in [0.25, 0.3) is 11.8 Å². The van der Waals surface area contributed by atoms with Crippen molar-refractivity contribution in [3.05, 3.63) is 174 Å². The highest BCUT2D eigenvalue weighted by Crippen LogP contribution is 2.29. The Labute approximate surface area is 341 Å². The van der Waals surface area contributed by atoms with Crippen LogP contribution in [0.3, 0.4) is 0 Å². The first-order valence-electron chi connectivity index (χ1n) is 18.2. The molecule has 0 saturated carbocycles. The van der Waals surface area contributed by atoms with Crippen LogP contribution < -0.4 is 11.5 Å². The van der Waals surface area contributed by atoms with Gasteiger partial charge in [0.15, 0.2) is 11.4 Å². The van der Waals surface area contributed by atoms with E-state index in [1.54, 1.807) is 95.2 Å². The molecule has 60 heavy (non-hydrogen) atoms. The van der Waals surface area contributed by atoms with Gasteiger partial charge in [-0.15, -0.1) is 0 Å². The van der Waals surface area contributed by atoms with Crippen molar-refractivity contribution in [1.29, 1.82) is 0 Å². The number of aromatic nitrogens is 7. The van der Waals surface area contributed by atoms with Gasteiger partial charge in [-0.1, -0.05) is 78.5 Å². The predicted octanol–water partition coefficient (Wildman–Crippen LogP) is 4.68. The zero-order valence-electron chi connectivity index (χ0n) is 31.8. The Morgan fingerprint density at radius 1 is 0.800 bits per heavy atom. The molecule has 0 aliphatic heterocycles. The first-order valence-corrected chi connectivity index (χ1v) is 18.2. The third kappa shape index (κ3) is 7.09. The second-order valence-electron chi connectivity index (χ2n) is 13.6. The summed E-state index contributed by atoms with van der Waals surface area (Å²) in [7, 11) is 0. The normalized spacial score (nSPS) is 13.1. The molecule has 0 spiro atoms. The van der Waals surface area contributed by atoms with Crippen molar-refractivity contribution in [2.45, 2.75) is 24.5 Å². The molecule has 0 fully saturated rings. The molecule has 8 rings (SSSR count). The van der Waals surface area contributed by atoms with Crippen molar-refractivity contribution in [3.8, 4) is 35.1 Å². The van der Waals surface area contributed by atoms with E-state index in [1.165, 1.54) is 18.3 Å². The zero-order valence-corrected chi connectivity index (χ0v) is 31.8. The van der Waals surface area contributed by atoms with Gasteiger partial charge in [0.2, 0.25) is 28.8 Å². The van der Waals surface area contributed by atoms with E-state index in [2.05, 4.69) is 62.2 Å². The number of carbonyl (C=O) groups is 2. The molecule has 0 bridgehead atoms. The molecule has 4 heterocycles. The maximum atomic E-state index is 12.8. The molecule has 0 unspecified atom stereocenters. The summed E-state index contributed by atoms with van der Waals surface area (Å²) in [5, 5.41) is 36.7. The van der Waals surface area contributed by atoms with Crippen LogP contribution in [0.4, 0.5) is 0 Å². The highest BCUT2D eigenvalue weighted by Gasteiger charge is 2.31. The van der Waals surface area contributed by atoms with Crippen LogP contribution in [0.2, 0.25) is 0 Å². The van der Waals surface area contributed by atoms with Gasteiger partial charge in [0.05, 0.1) is 35.0 Å². The molecule has 0 aliphatic carbocycles. The number of para-hydroxylation sites is 1. The monoisotopic (exact) mass is 795 g/mol. The van der Waals surface area contributed by atoms with E-state index in [1.807, 2.05) is 12.1 Å². The van der Waals surface area contributed by atoms with Crippen LogP contribution in [-0.2, 0) is 17.6 Å². The van der Waals surface area contributed by atoms with Crippen LogP contribution in [0.25, 0.3) is 33.2 Å². The van der Waals surface area contributed by atoms with Gasteiger partial charge in [-0.2, -0.15) is 15.2 Å². The number of primary amides is 2. The summed E-state index contributed by atoms with van der Waals surface area (Å²) < 4.78 is 14.2. The third-order valence-corrected chi connectivity index (χ3v) is 9.51. The average Bonchev–Trinajstić information content (AvgIpc) is 4.08. The highest BCUT2D eigenvalue weighted by molar-refractivity contribution is 6.06. The zero-order chi connectivity index (χ0) is 42.2. The highest BCUT2D eigenvalue weighted by atomic mass is 16.5. The Kier molecular flexibility index (Phi) is 9.74. The van der Waals surface area contributed by atoms with Gasteiger partial charge < -0.3 is 30.6 Å². The number of aliphatic hydroxyl groups is 2. The van der Waals surface area contributed by atoms with E-state index in [-0.39, 0.29) is 35.4 Å². The number of amides is 2. The average molecular weight is 796 g/mol. The summed E-state index contributed by atoms with van der Waals surface area (Å²) in [6, 6.07) is 26.6. The van der Waals surface area contributed by atoms with Gasteiger partial charge >= 0.3 is 0 Å². The summed E-state index contributed by atoms with van der Waals surface area (Å²) in [5.41, 5.74) is 11.7. The SMILES string of the molecule is C=C[C@@](O)(C#Cc1cccc(-n2nc(C(N)=O)c3ccccc32)c1)c1noc(Cc2cccc3c2c(C(N)=O)nn3-c2cccc(C#C[C@](O)(C=C)c3ncc(C)o3)c2)n1. The lowest BCUT2D eigenvalue weighted by molar-refractivity contribution is 0.0988. The maximum absolute atomic E-state index is 12.8. The first-order chi connectivity index (χ1) is 28.9. The second-order valence-corrected chi connectivity index (χ2v) is 13.6. The Bertz CT molecular complexity index is 3170. The molecule has 4 aromatic carbocycles. The Hall–Kier alpha value is -8.37. The lowest BCUT2D eigenvalue weighted by atomic mass is 10.0. The summed E-state index contributed by atoms with van der Waals surface area (Å²) >= 11 is 0. The molecule has 0 saturated heterocycles. The van der Waals surface area contributed by atoms with Crippen LogP contribution >= 0.6 is 0 Å². The van der Waals surface area contributed by atoms with Crippen LogP contribution in [0, 0.1) is 30.6 Å². The first kappa shape index (κ1) is 38.5. The molecule has 4 aromatic heterocycles. The molecular weight excluding hydrogens is 763 g/mol. The van der Waals surface area contributed by atoms with Crippen LogP contribution in [0.15, 0.2) is 131 Å². The summed E-state index contributed by atoms with van der Waals surface area (Å²) in [6.07, 6.45) is 3.95. The number of aryl methyl sites for hydroxylation is 1. The quantitative estimate of drug-likeness (QED) is 0.110. The number of nitrogens with two attached hydrogens (primary N) is 2. The predicted molar refractivity (Wildman–Crippen MR) is 219 cm³/mol. The lowest BCUT2D eigenvalue weighted by Crippen LogP contribution is -2.22. The molecule has 294 valence electrons. The maximum Gasteiger partial charge on any atom is 0.269 e. The fourth-order valence-electron chi connectivity index (χ4n) is 6.53. The van der Waals surface area contributed by atoms with Crippen LogP contribution in [0.1, 0.15) is 61.0 Å². The van der Waals surface area contributed by atoms with Crippen molar-refractivity contribution in [3.63, 3.8) is 0 Å². The Balaban J connectivity index is 1.08.